The Morgan fingerprint density at radius 1 is 1.11 bits per heavy atom. The van der Waals surface area contributed by atoms with Crippen LogP contribution in [0.15, 0.2) is 58.3 Å². The highest BCUT2D eigenvalue weighted by Gasteiger charge is 2.34. The van der Waals surface area contributed by atoms with E-state index in [2.05, 4.69) is 36.1 Å². The summed E-state index contributed by atoms with van der Waals surface area (Å²) < 4.78 is 43.3. The Hall–Kier alpha value is -1.25. The molecule has 2 N–H and O–H groups in total. The van der Waals surface area contributed by atoms with Gasteiger partial charge in [-0.25, -0.2) is 0 Å². The number of methoxy groups -OCH3 is 1. The molecular weight excluding hydrogens is 411 g/mol. The molecule has 1 aliphatic heterocycles. The van der Waals surface area contributed by atoms with Crippen LogP contribution in [0.1, 0.15) is 18.4 Å². The molecule has 0 atom stereocenters. The standard InChI is InChI=1S/C18H19ClO2S.C2H4F3N/c1-20-18(8-10-21-11-9-18)14-4-2-6-16(12-14)22-17-7-3-5-15(19)13-17;3-2(4,5)1-6/h2-7,12-13H,8-11H2,1H3;1,6H2. The van der Waals surface area contributed by atoms with Gasteiger partial charge in [-0.1, -0.05) is 41.6 Å². The van der Waals surface area contributed by atoms with Crippen molar-refractivity contribution >= 4 is 23.4 Å². The van der Waals surface area contributed by atoms with E-state index in [0.29, 0.717) is 0 Å². The summed E-state index contributed by atoms with van der Waals surface area (Å²) in [6, 6.07) is 16.5. The quantitative estimate of drug-likeness (QED) is 0.676. The number of hydrogen-bond acceptors (Lipinski definition) is 4. The third-order valence-corrected chi connectivity index (χ3v) is 5.53. The van der Waals surface area contributed by atoms with Crippen LogP contribution in [0.25, 0.3) is 0 Å². The highest BCUT2D eigenvalue weighted by molar-refractivity contribution is 7.99. The minimum atomic E-state index is -4.18. The van der Waals surface area contributed by atoms with Gasteiger partial charge < -0.3 is 15.2 Å². The Bertz CT molecular complexity index is 752. The van der Waals surface area contributed by atoms with Crippen LogP contribution in [-0.4, -0.2) is 33.0 Å². The summed E-state index contributed by atoms with van der Waals surface area (Å²) in [5.41, 5.74) is 5.19. The van der Waals surface area contributed by atoms with Crippen LogP contribution in [-0.2, 0) is 15.1 Å². The second kappa shape index (κ2) is 10.5. The molecule has 28 heavy (non-hydrogen) atoms. The molecule has 0 saturated carbocycles. The summed E-state index contributed by atoms with van der Waals surface area (Å²) in [4.78, 5) is 2.34. The van der Waals surface area contributed by atoms with E-state index in [1.54, 1.807) is 18.9 Å². The number of alkyl halides is 3. The van der Waals surface area contributed by atoms with Crippen LogP contribution < -0.4 is 5.73 Å². The van der Waals surface area contributed by atoms with Gasteiger partial charge in [0, 0.05) is 48.0 Å². The lowest BCUT2D eigenvalue weighted by molar-refractivity contribution is -0.118. The van der Waals surface area contributed by atoms with E-state index in [9.17, 15) is 13.2 Å². The van der Waals surface area contributed by atoms with Gasteiger partial charge in [-0.3, -0.25) is 0 Å². The molecule has 8 heteroatoms. The van der Waals surface area contributed by atoms with Crippen LogP contribution in [0.5, 0.6) is 0 Å². The SMILES string of the molecule is COC1(c2cccc(Sc3cccc(Cl)c3)c2)CCOCC1.NCC(F)(F)F. The molecule has 0 unspecified atom stereocenters. The van der Waals surface area contributed by atoms with Crippen molar-refractivity contribution in [3.8, 4) is 0 Å². The molecule has 0 radical (unpaired) electrons. The Labute approximate surface area is 172 Å². The molecule has 1 heterocycles. The molecule has 2 aromatic carbocycles. The van der Waals surface area contributed by atoms with Gasteiger partial charge in [-0.05, 0) is 35.9 Å². The third kappa shape index (κ3) is 6.97. The summed E-state index contributed by atoms with van der Waals surface area (Å²) >= 11 is 7.78. The molecule has 0 amide bonds. The van der Waals surface area contributed by atoms with Crippen LogP contribution >= 0.6 is 23.4 Å². The first-order valence-corrected chi connectivity index (χ1v) is 9.91. The maximum absolute atomic E-state index is 10.7. The van der Waals surface area contributed by atoms with E-state index in [-0.39, 0.29) is 5.60 Å². The van der Waals surface area contributed by atoms with Crippen molar-refractivity contribution in [2.75, 3.05) is 26.9 Å². The Kier molecular flexibility index (Phi) is 8.64. The zero-order valence-corrected chi connectivity index (χ0v) is 17.0. The summed E-state index contributed by atoms with van der Waals surface area (Å²) in [5.74, 6) is 0. The van der Waals surface area contributed by atoms with Gasteiger partial charge in [0.2, 0.25) is 0 Å². The predicted molar refractivity (Wildman–Crippen MR) is 106 cm³/mol. The lowest BCUT2D eigenvalue weighted by Gasteiger charge is -2.36. The first-order valence-electron chi connectivity index (χ1n) is 8.72. The third-order valence-electron chi connectivity index (χ3n) is 4.31. The number of benzene rings is 2. The van der Waals surface area contributed by atoms with E-state index in [0.717, 1.165) is 36.0 Å². The lowest BCUT2D eigenvalue weighted by atomic mass is 9.86. The van der Waals surface area contributed by atoms with Gasteiger partial charge in [0.05, 0.1) is 12.1 Å². The van der Waals surface area contributed by atoms with Gasteiger partial charge in [-0.2, -0.15) is 13.2 Å². The largest absolute Gasteiger partial charge is 0.400 e. The number of hydrogen-bond donors (Lipinski definition) is 1. The number of rotatable bonds is 4. The Morgan fingerprint density at radius 3 is 2.21 bits per heavy atom. The number of nitrogens with two attached hydrogens (primary N) is 1. The van der Waals surface area contributed by atoms with Crippen LogP contribution in [0.2, 0.25) is 5.02 Å². The lowest BCUT2D eigenvalue weighted by Crippen LogP contribution is -2.35. The molecule has 1 fully saturated rings. The van der Waals surface area contributed by atoms with Crippen molar-refractivity contribution in [1.29, 1.82) is 0 Å². The fraction of sp³-hybridized carbons (Fsp3) is 0.400. The summed E-state index contributed by atoms with van der Waals surface area (Å²) in [6.07, 6.45) is -2.39. The van der Waals surface area contributed by atoms with Crippen molar-refractivity contribution in [2.45, 2.75) is 34.4 Å². The fourth-order valence-electron chi connectivity index (χ4n) is 2.82. The fourth-order valence-corrected chi connectivity index (χ4v) is 4.01. The van der Waals surface area contributed by atoms with Gasteiger partial charge in [0.15, 0.2) is 0 Å². The highest BCUT2D eigenvalue weighted by Crippen LogP contribution is 2.38. The molecule has 0 aliphatic carbocycles. The highest BCUT2D eigenvalue weighted by atomic mass is 35.5. The monoisotopic (exact) mass is 433 g/mol. The maximum atomic E-state index is 10.7. The molecular formula is C20H23ClF3NO2S. The normalized spacial score (nSPS) is 16.2. The maximum Gasteiger partial charge on any atom is 0.400 e. The second-order valence-corrected chi connectivity index (χ2v) is 7.80. The average molecular weight is 434 g/mol. The van der Waals surface area contributed by atoms with Crippen molar-refractivity contribution in [3.05, 3.63) is 59.1 Å². The van der Waals surface area contributed by atoms with E-state index in [1.807, 2.05) is 18.2 Å². The van der Waals surface area contributed by atoms with Crippen molar-refractivity contribution in [1.82, 2.24) is 0 Å². The summed E-state index contributed by atoms with van der Waals surface area (Å²) in [7, 11) is 1.79. The minimum absolute atomic E-state index is 0.219. The average Bonchev–Trinajstić information content (AvgIpc) is 2.69. The number of ether oxygens (including phenoxy) is 2. The van der Waals surface area contributed by atoms with Gasteiger partial charge in [-0.15, -0.1) is 0 Å². The number of halogens is 4. The molecule has 0 spiro atoms. The summed E-state index contributed by atoms with van der Waals surface area (Å²) in [6.45, 7) is 0.270. The van der Waals surface area contributed by atoms with E-state index < -0.39 is 12.7 Å². The molecule has 3 nitrogen and oxygen atoms in total. The minimum Gasteiger partial charge on any atom is -0.381 e. The Balaban J connectivity index is 0.000000409. The molecule has 0 bridgehead atoms. The van der Waals surface area contributed by atoms with Crippen molar-refractivity contribution in [3.63, 3.8) is 0 Å². The van der Waals surface area contributed by atoms with Crippen molar-refractivity contribution < 1.29 is 22.6 Å². The molecule has 1 aliphatic rings. The van der Waals surface area contributed by atoms with Gasteiger partial charge in [0.1, 0.15) is 0 Å². The first-order chi connectivity index (χ1) is 13.3. The van der Waals surface area contributed by atoms with E-state index in [4.69, 9.17) is 21.1 Å². The zero-order valence-electron chi connectivity index (χ0n) is 15.5. The molecule has 1 saturated heterocycles. The zero-order chi connectivity index (χ0) is 20.6. The Morgan fingerprint density at radius 2 is 1.68 bits per heavy atom. The molecule has 2 aromatic rings. The van der Waals surface area contributed by atoms with Crippen molar-refractivity contribution in [2.24, 2.45) is 5.73 Å². The first kappa shape index (κ1) is 23.0. The molecule has 3 rings (SSSR count). The topological polar surface area (TPSA) is 44.5 Å². The van der Waals surface area contributed by atoms with E-state index in [1.165, 1.54) is 10.5 Å². The summed E-state index contributed by atoms with van der Waals surface area (Å²) in [5, 5.41) is 0.763. The van der Waals surface area contributed by atoms with Crippen LogP contribution in [0, 0.1) is 0 Å². The predicted octanol–water partition coefficient (Wildman–Crippen LogP) is 5.65. The van der Waals surface area contributed by atoms with Crippen LogP contribution in [0.4, 0.5) is 13.2 Å². The van der Waals surface area contributed by atoms with Gasteiger partial charge in [0.25, 0.3) is 0 Å². The van der Waals surface area contributed by atoms with Gasteiger partial charge >= 0.3 is 6.18 Å². The molecule has 0 aromatic heterocycles. The van der Waals surface area contributed by atoms with Crippen LogP contribution in [0.3, 0.4) is 0 Å². The smallest absolute Gasteiger partial charge is 0.381 e. The molecule has 154 valence electrons. The second-order valence-electron chi connectivity index (χ2n) is 6.22. The van der Waals surface area contributed by atoms with E-state index >= 15 is 0 Å².